The SMILES string of the molecule is CC(=O)O[C@@H]1C=C[C@H](Oc2c(-c3ccc(OCc4ccccc4)cc3)oc3cc(OCc4ccccc4)cc(OCc4ccccc4)c3c2=O)O[C@H]1C. The Hall–Kier alpha value is -6.32. The van der Waals surface area contributed by atoms with Gasteiger partial charge in [0.15, 0.2) is 5.76 Å². The van der Waals surface area contributed by atoms with E-state index < -0.39 is 29.9 Å². The van der Waals surface area contributed by atoms with E-state index in [4.69, 9.17) is 32.8 Å². The molecule has 2 heterocycles. The maximum absolute atomic E-state index is 14.7. The third-order valence-corrected chi connectivity index (χ3v) is 8.55. The number of fused-ring (bicyclic) bond motifs is 1. The molecule has 7 rings (SSSR count). The molecule has 0 unspecified atom stereocenters. The highest BCUT2D eigenvalue weighted by molar-refractivity contribution is 5.88. The van der Waals surface area contributed by atoms with Crippen LogP contribution in [-0.2, 0) is 34.1 Å². The molecular formula is C44H38O9. The number of esters is 1. The number of hydrogen-bond acceptors (Lipinski definition) is 9. The minimum Gasteiger partial charge on any atom is -0.489 e. The van der Waals surface area contributed by atoms with E-state index in [9.17, 15) is 9.59 Å². The second-order valence-electron chi connectivity index (χ2n) is 12.5. The van der Waals surface area contributed by atoms with Gasteiger partial charge in [0.05, 0.1) is 6.10 Å². The van der Waals surface area contributed by atoms with Crippen LogP contribution in [0.15, 0.2) is 149 Å². The molecule has 0 N–H and O–H groups in total. The molecule has 0 fully saturated rings. The highest BCUT2D eigenvalue weighted by atomic mass is 16.7. The summed E-state index contributed by atoms with van der Waals surface area (Å²) in [4.78, 5) is 26.3. The Morgan fingerprint density at radius 1 is 0.679 bits per heavy atom. The summed E-state index contributed by atoms with van der Waals surface area (Å²) in [7, 11) is 0. The molecule has 5 aromatic carbocycles. The summed E-state index contributed by atoms with van der Waals surface area (Å²) in [5.41, 5.74) is 3.29. The first-order valence-corrected chi connectivity index (χ1v) is 17.3. The molecular weight excluding hydrogens is 672 g/mol. The molecule has 1 aromatic heterocycles. The number of benzene rings is 5. The van der Waals surface area contributed by atoms with Crippen molar-refractivity contribution in [3.63, 3.8) is 0 Å². The van der Waals surface area contributed by atoms with Crippen LogP contribution in [0.4, 0.5) is 0 Å². The molecule has 0 radical (unpaired) electrons. The van der Waals surface area contributed by atoms with Gasteiger partial charge in [-0.3, -0.25) is 9.59 Å². The van der Waals surface area contributed by atoms with E-state index in [1.807, 2.05) is 103 Å². The predicted molar refractivity (Wildman–Crippen MR) is 200 cm³/mol. The Morgan fingerprint density at radius 3 is 1.81 bits per heavy atom. The van der Waals surface area contributed by atoms with Crippen molar-refractivity contribution in [3.8, 4) is 34.3 Å². The van der Waals surface area contributed by atoms with Crippen LogP contribution in [0.5, 0.6) is 23.0 Å². The van der Waals surface area contributed by atoms with E-state index in [0.29, 0.717) is 30.3 Å². The molecule has 3 atom stereocenters. The van der Waals surface area contributed by atoms with E-state index in [-0.39, 0.29) is 34.8 Å². The summed E-state index contributed by atoms with van der Waals surface area (Å²) in [6, 6.07) is 39.9. The van der Waals surface area contributed by atoms with Crippen LogP contribution >= 0.6 is 0 Å². The third kappa shape index (κ3) is 8.77. The molecule has 1 aliphatic rings. The molecule has 0 bridgehead atoms. The number of carbonyl (C=O) groups is 1. The average molecular weight is 711 g/mol. The molecule has 9 nitrogen and oxygen atoms in total. The van der Waals surface area contributed by atoms with Gasteiger partial charge in [0, 0.05) is 24.6 Å². The fraction of sp³-hybridized carbons (Fsp3) is 0.182. The monoisotopic (exact) mass is 710 g/mol. The van der Waals surface area contributed by atoms with Crippen LogP contribution in [0.3, 0.4) is 0 Å². The number of carbonyl (C=O) groups excluding carboxylic acids is 1. The number of rotatable bonds is 13. The summed E-state index contributed by atoms with van der Waals surface area (Å²) < 4.78 is 42.8. The summed E-state index contributed by atoms with van der Waals surface area (Å²) in [5.74, 6) is 1.04. The van der Waals surface area contributed by atoms with E-state index in [2.05, 4.69) is 0 Å². The highest BCUT2D eigenvalue weighted by Gasteiger charge is 2.30. The standard InChI is InChI=1S/C44H38O9/c1-29-37(51-30(2)45)22-23-40(50-29)53-44-42(46)41-38(49-28-33-16-10-5-11-17-33)24-36(48-27-32-14-8-4-9-15-32)25-39(41)52-43(44)34-18-20-35(21-19-34)47-26-31-12-6-3-7-13-31/h3-25,29,37,40H,26-28H2,1-2H3/t29-,37+,40-/m0/s1. The first-order valence-electron chi connectivity index (χ1n) is 17.3. The van der Waals surface area contributed by atoms with Gasteiger partial charge in [-0.2, -0.15) is 0 Å². The maximum Gasteiger partial charge on any atom is 0.303 e. The van der Waals surface area contributed by atoms with Crippen LogP contribution in [0, 0.1) is 0 Å². The van der Waals surface area contributed by atoms with Gasteiger partial charge in [-0.15, -0.1) is 0 Å². The van der Waals surface area contributed by atoms with Crippen molar-refractivity contribution in [2.75, 3.05) is 0 Å². The molecule has 53 heavy (non-hydrogen) atoms. The lowest BCUT2D eigenvalue weighted by Crippen LogP contribution is -2.38. The Morgan fingerprint density at radius 2 is 1.25 bits per heavy atom. The molecule has 6 aromatic rings. The second-order valence-corrected chi connectivity index (χ2v) is 12.5. The molecule has 0 saturated carbocycles. The van der Waals surface area contributed by atoms with Crippen molar-refractivity contribution in [2.45, 2.75) is 52.2 Å². The molecule has 0 saturated heterocycles. The lowest BCUT2D eigenvalue weighted by Gasteiger charge is -2.29. The van der Waals surface area contributed by atoms with Crippen molar-refractivity contribution in [1.82, 2.24) is 0 Å². The third-order valence-electron chi connectivity index (χ3n) is 8.55. The van der Waals surface area contributed by atoms with E-state index in [1.54, 1.807) is 43.3 Å². The molecule has 9 heteroatoms. The van der Waals surface area contributed by atoms with Gasteiger partial charge >= 0.3 is 5.97 Å². The van der Waals surface area contributed by atoms with Crippen LogP contribution in [-0.4, -0.2) is 24.5 Å². The van der Waals surface area contributed by atoms with Gasteiger partial charge in [-0.25, -0.2) is 0 Å². The molecule has 268 valence electrons. The van der Waals surface area contributed by atoms with Crippen LogP contribution < -0.4 is 24.4 Å². The quantitative estimate of drug-likeness (QED) is 0.0860. The van der Waals surface area contributed by atoms with Crippen molar-refractivity contribution >= 4 is 16.9 Å². The summed E-state index contributed by atoms with van der Waals surface area (Å²) in [6.45, 7) is 3.99. The molecule has 0 spiro atoms. The van der Waals surface area contributed by atoms with Gasteiger partial charge in [0.25, 0.3) is 0 Å². The predicted octanol–water partition coefficient (Wildman–Crippen LogP) is 8.81. The topological polar surface area (TPSA) is 103 Å². The lowest BCUT2D eigenvalue weighted by atomic mass is 10.1. The second kappa shape index (κ2) is 16.4. The number of ether oxygens (including phenoxy) is 6. The van der Waals surface area contributed by atoms with E-state index in [1.165, 1.54) is 6.92 Å². The summed E-state index contributed by atoms with van der Waals surface area (Å²) >= 11 is 0. The minimum absolute atomic E-state index is 0.0780. The van der Waals surface area contributed by atoms with Gasteiger partial charge in [-0.1, -0.05) is 91.0 Å². The van der Waals surface area contributed by atoms with E-state index >= 15 is 0 Å². The van der Waals surface area contributed by atoms with Gasteiger partial charge in [-0.05, 0) is 60.0 Å². The Kier molecular flexibility index (Phi) is 10.8. The fourth-order valence-corrected chi connectivity index (χ4v) is 5.86. The first kappa shape index (κ1) is 35.1. The van der Waals surface area contributed by atoms with Crippen LogP contribution in [0.2, 0.25) is 0 Å². The molecule has 0 amide bonds. The number of hydrogen-bond donors (Lipinski definition) is 0. The van der Waals surface area contributed by atoms with Gasteiger partial charge < -0.3 is 32.8 Å². The smallest absolute Gasteiger partial charge is 0.303 e. The van der Waals surface area contributed by atoms with Gasteiger partial charge in [0.1, 0.15) is 54.1 Å². The Balaban J connectivity index is 1.29. The van der Waals surface area contributed by atoms with Gasteiger partial charge in [0.2, 0.25) is 17.5 Å². The highest BCUT2D eigenvalue weighted by Crippen LogP contribution is 2.38. The van der Waals surface area contributed by atoms with Crippen molar-refractivity contribution in [3.05, 3.63) is 166 Å². The maximum atomic E-state index is 14.7. The summed E-state index contributed by atoms with van der Waals surface area (Å²) in [6.07, 6.45) is 1.17. The van der Waals surface area contributed by atoms with Crippen molar-refractivity contribution < 1.29 is 37.6 Å². The van der Waals surface area contributed by atoms with Crippen molar-refractivity contribution in [2.24, 2.45) is 0 Å². The largest absolute Gasteiger partial charge is 0.489 e. The van der Waals surface area contributed by atoms with E-state index in [0.717, 1.165) is 16.7 Å². The first-order chi connectivity index (χ1) is 25.9. The normalized spacial score (nSPS) is 16.5. The zero-order valence-corrected chi connectivity index (χ0v) is 29.3. The zero-order chi connectivity index (χ0) is 36.6. The van der Waals surface area contributed by atoms with Crippen molar-refractivity contribution in [1.29, 1.82) is 0 Å². The molecule has 1 aliphatic heterocycles. The van der Waals surface area contributed by atoms with Crippen LogP contribution in [0.25, 0.3) is 22.3 Å². The fourth-order valence-electron chi connectivity index (χ4n) is 5.86. The molecule has 0 aliphatic carbocycles. The Bertz CT molecular complexity index is 2230. The summed E-state index contributed by atoms with van der Waals surface area (Å²) in [5, 5.41) is 0.181. The average Bonchev–Trinajstić information content (AvgIpc) is 3.18. The minimum atomic E-state index is -0.980. The lowest BCUT2D eigenvalue weighted by molar-refractivity contribution is -0.163. The van der Waals surface area contributed by atoms with Crippen LogP contribution in [0.1, 0.15) is 30.5 Å². The zero-order valence-electron chi connectivity index (χ0n) is 29.3. The Labute approximate surface area is 306 Å².